The van der Waals surface area contributed by atoms with Crippen molar-refractivity contribution in [2.75, 3.05) is 6.61 Å². The van der Waals surface area contributed by atoms with Crippen LogP contribution >= 0.6 is 0 Å². The number of hydrogen-bond acceptors (Lipinski definition) is 4. The average molecular weight is 287 g/mol. The average Bonchev–Trinajstić information content (AvgIpc) is 3.30. The molecule has 21 heavy (non-hydrogen) atoms. The van der Waals surface area contributed by atoms with Gasteiger partial charge in [-0.1, -0.05) is 19.1 Å². The van der Waals surface area contributed by atoms with Crippen LogP contribution in [0.2, 0.25) is 0 Å². The van der Waals surface area contributed by atoms with Crippen LogP contribution in [0.15, 0.2) is 18.3 Å². The summed E-state index contributed by atoms with van der Waals surface area (Å²) < 4.78 is 5.81. The maximum Gasteiger partial charge on any atom is 0.316 e. The normalized spacial score (nSPS) is 25.0. The molecule has 0 radical (unpaired) electrons. The van der Waals surface area contributed by atoms with Crippen molar-refractivity contribution < 1.29 is 4.74 Å². The Hall–Kier alpha value is -1.42. The Morgan fingerprint density at radius 3 is 2.81 bits per heavy atom. The van der Waals surface area contributed by atoms with Crippen molar-refractivity contribution in [3.8, 4) is 6.01 Å². The summed E-state index contributed by atoms with van der Waals surface area (Å²) >= 11 is 0. The van der Waals surface area contributed by atoms with E-state index in [1.807, 2.05) is 13.1 Å². The molecule has 2 aliphatic carbocycles. The van der Waals surface area contributed by atoms with E-state index in [4.69, 9.17) is 4.74 Å². The summed E-state index contributed by atoms with van der Waals surface area (Å²) in [5.41, 5.74) is 2.19. The summed E-state index contributed by atoms with van der Waals surface area (Å²) in [6, 6.07) is 1.23. The minimum Gasteiger partial charge on any atom is -0.463 e. The Bertz CT molecular complexity index is 511. The second-order valence-corrected chi connectivity index (χ2v) is 6.41. The van der Waals surface area contributed by atoms with Crippen LogP contribution in [0.1, 0.15) is 43.9 Å². The molecule has 2 aliphatic rings. The van der Waals surface area contributed by atoms with Crippen molar-refractivity contribution in [3.05, 3.63) is 29.6 Å². The van der Waals surface area contributed by atoms with Gasteiger partial charge in [-0.05, 0) is 44.4 Å². The van der Waals surface area contributed by atoms with E-state index in [0.29, 0.717) is 30.5 Å². The van der Waals surface area contributed by atoms with Gasteiger partial charge >= 0.3 is 6.01 Å². The predicted molar refractivity (Wildman–Crippen MR) is 83.2 cm³/mol. The molecule has 4 nitrogen and oxygen atoms in total. The molecule has 0 bridgehead atoms. The van der Waals surface area contributed by atoms with Gasteiger partial charge in [0.15, 0.2) is 0 Å². The lowest BCUT2D eigenvalue weighted by molar-refractivity contribution is 0.186. The van der Waals surface area contributed by atoms with E-state index < -0.39 is 0 Å². The van der Waals surface area contributed by atoms with Crippen molar-refractivity contribution in [1.29, 1.82) is 0 Å². The van der Waals surface area contributed by atoms with E-state index >= 15 is 0 Å². The summed E-state index contributed by atoms with van der Waals surface area (Å²) in [6.07, 6.45) is 11.3. The fourth-order valence-electron chi connectivity index (χ4n) is 2.68. The summed E-state index contributed by atoms with van der Waals surface area (Å²) in [6.45, 7) is 5.90. The molecule has 4 heteroatoms. The lowest BCUT2D eigenvalue weighted by Crippen LogP contribution is -2.22. The van der Waals surface area contributed by atoms with Crippen LogP contribution in [0.25, 0.3) is 0 Å². The highest BCUT2D eigenvalue weighted by molar-refractivity contribution is 5.18. The molecule has 2 unspecified atom stereocenters. The molecule has 0 amide bonds. The SMILES string of the molecule is Cc1nc(OCC2CC=CCC2C)ncc1CNC1CC1. The van der Waals surface area contributed by atoms with Gasteiger partial charge in [-0.15, -0.1) is 0 Å². The number of rotatable bonds is 6. The van der Waals surface area contributed by atoms with Crippen molar-refractivity contribution in [2.45, 2.75) is 52.1 Å². The topological polar surface area (TPSA) is 47.0 Å². The Labute approximate surface area is 127 Å². The van der Waals surface area contributed by atoms with Crippen LogP contribution in [-0.2, 0) is 6.54 Å². The molecule has 0 spiro atoms. The largest absolute Gasteiger partial charge is 0.463 e. The van der Waals surface area contributed by atoms with Gasteiger partial charge in [0.25, 0.3) is 0 Å². The van der Waals surface area contributed by atoms with Crippen molar-refractivity contribution in [2.24, 2.45) is 11.8 Å². The molecule has 0 aromatic carbocycles. The van der Waals surface area contributed by atoms with Gasteiger partial charge in [0.05, 0.1) is 6.61 Å². The highest BCUT2D eigenvalue weighted by Gasteiger charge is 2.21. The number of allylic oxidation sites excluding steroid dienone is 2. The fourth-order valence-corrected chi connectivity index (χ4v) is 2.68. The standard InChI is InChI=1S/C17H25N3O/c1-12-5-3-4-6-14(12)11-21-17-19-10-15(13(2)20-17)9-18-16-7-8-16/h3-4,10,12,14,16,18H,5-9,11H2,1-2H3. The number of nitrogens with zero attached hydrogens (tertiary/aromatic N) is 2. The number of aromatic nitrogens is 2. The Morgan fingerprint density at radius 1 is 1.29 bits per heavy atom. The van der Waals surface area contributed by atoms with Crippen molar-refractivity contribution in [3.63, 3.8) is 0 Å². The molecule has 1 N–H and O–H groups in total. The molecule has 1 aromatic heterocycles. The molecule has 1 saturated carbocycles. The second-order valence-electron chi connectivity index (χ2n) is 6.41. The van der Waals surface area contributed by atoms with E-state index in [0.717, 1.165) is 25.1 Å². The lowest BCUT2D eigenvalue weighted by atomic mass is 9.85. The first-order valence-electron chi connectivity index (χ1n) is 8.06. The molecule has 114 valence electrons. The molecule has 0 saturated heterocycles. The van der Waals surface area contributed by atoms with E-state index in [9.17, 15) is 0 Å². The Morgan fingerprint density at radius 2 is 2.10 bits per heavy atom. The van der Waals surface area contributed by atoms with Gasteiger partial charge in [-0.3, -0.25) is 0 Å². The minimum atomic E-state index is 0.518. The third kappa shape index (κ3) is 4.03. The molecule has 3 rings (SSSR count). The van der Waals surface area contributed by atoms with Crippen LogP contribution in [0, 0.1) is 18.8 Å². The predicted octanol–water partition coefficient (Wildman–Crippen LogP) is 3.02. The van der Waals surface area contributed by atoms with Crippen LogP contribution in [0.3, 0.4) is 0 Å². The van der Waals surface area contributed by atoms with E-state index in [1.54, 1.807) is 0 Å². The Kier molecular flexibility index (Phi) is 4.54. The van der Waals surface area contributed by atoms with Crippen molar-refractivity contribution >= 4 is 0 Å². The van der Waals surface area contributed by atoms with E-state index in [1.165, 1.54) is 18.4 Å². The molecule has 2 atom stereocenters. The lowest BCUT2D eigenvalue weighted by Gasteiger charge is -2.24. The molecular formula is C17H25N3O. The fraction of sp³-hybridized carbons (Fsp3) is 0.647. The molecule has 1 aromatic rings. The first-order valence-corrected chi connectivity index (χ1v) is 8.06. The highest BCUT2D eigenvalue weighted by Crippen LogP contribution is 2.25. The zero-order valence-electron chi connectivity index (χ0n) is 13.0. The minimum absolute atomic E-state index is 0.518. The number of aryl methyl sites for hydroxylation is 1. The maximum atomic E-state index is 5.81. The number of ether oxygens (including phenoxy) is 1. The van der Waals surface area contributed by atoms with E-state index in [-0.39, 0.29) is 0 Å². The van der Waals surface area contributed by atoms with Crippen molar-refractivity contribution in [1.82, 2.24) is 15.3 Å². The molecule has 1 fully saturated rings. The third-order valence-electron chi connectivity index (χ3n) is 4.56. The monoisotopic (exact) mass is 287 g/mol. The van der Waals surface area contributed by atoms with Crippen LogP contribution in [-0.4, -0.2) is 22.6 Å². The molecular weight excluding hydrogens is 262 g/mol. The van der Waals surface area contributed by atoms with Crippen LogP contribution in [0.4, 0.5) is 0 Å². The first kappa shape index (κ1) is 14.5. The summed E-state index contributed by atoms with van der Waals surface area (Å²) in [5, 5.41) is 3.49. The quantitative estimate of drug-likeness (QED) is 0.817. The van der Waals surface area contributed by atoms with E-state index in [2.05, 4.69) is 34.4 Å². The molecule has 1 heterocycles. The second kappa shape index (κ2) is 6.56. The smallest absolute Gasteiger partial charge is 0.316 e. The summed E-state index contributed by atoms with van der Waals surface area (Å²) in [7, 11) is 0. The molecule has 0 aliphatic heterocycles. The van der Waals surface area contributed by atoms with Gasteiger partial charge in [0.2, 0.25) is 0 Å². The zero-order chi connectivity index (χ0) is 14.7. The number of hydrogen-bond donors (Lipinski definition) is 1. The van der Waals surface area contributed by atoms with Gasteiger partial charge in [0, 0.05) is 30.0 Å². The highest BCUT2D eigenvalue weighted by atomic mass is 16.5. The summed E-state index contributed by atoms with van der Waals surface area (Å²) in [5.74, 6) is 1.26. The van der Waals surface area contributed by atoms with Gasteiger partial charge in [-0.25, -0.2) is 9.97 Å². The van der Waals surface area contributed by atoms with Gasteiger partial charge in [-0.2, -0.15) is 0 Å². The maximum absolute atomic E-state index is 5.81. The number of nitrogens with one attached hydrogen (secondary N) is 1. The zero-order valence-corrected chi connectivity index (χ0v) is 13.0. The van der Waals surface area contributed by atoms with Crippen LogP contribution < -0.4 is 10.1 Å². The third-order valence-corrected chi connectivity index (χ3v) is 4.56. The first-order chi connectivity index (χ1) is 10.2. The summed E-state index contributed by atoms with van der Waals surface area (Å²) in [4.78, 5) is 8.85. The van der Waals surface area contributed by atoms with Crippen LogP contribution in [0.5, 0.6) is 6.01 Å². The Balaban J connectivity index is 1.53. The van der Waals surface area contributed by atoms with Gasteiger partial charge in [0.1, 0.15) is 0 Å². The van der Waals surface area contributed by atoms with Gasteiger partial charge < -0.3 is 10.1 Å².